The van der Waals surface area contributed by atoms with Crippen molar-refractivity contribution in [2.24, 2.45) is 0 Å². The number of carbonyl (C=O) groups excluding carboxylic acids is 1. The minimum atomic E-state index is -0.294. The number of amides is 1. The number of carbonyl (C=O) groups is 1. The maximum Gasteiger partial charge on any atom is 0.293 e. The van der Waals surface area contributed by atoms with Gasteiger partial charge in [-0.05, 0) is 25.5 Å². The molecule has 1 rings (SSSR count). The monoisotopic (exact) mass is 197 g/mol. The second kappa shape index (κ2) is 4.17. The number of hydrogen-bond donors (Lipinski definition) is 2. The molecule has 0 aliphatic rings. The Morgan fingerprint density at radius 1 is 1.57 bits per heavy atom. The average Bonchev–Trinajstić information content (AvgIpc) is 2.53. The van der Waals surface area contributed by atoms with Gasteiger partial charge in [-0.2, -0.15) is 5.21 Å². The summed E-state index contributed by atoms with van der Waals surface area (Å²) in [6.07, 6.45) is 1.93. The molecule has 0 bridgehead atoms. The van der Waals surface area contributed by atoms with E-state index >= 15 is 0 Å². The summed E-state index contributed by atoms with van der Waals surface area (Å²) in [7, 11) is 0. The quantitative estimate of drug-likeness (QED) is 0.736. The number of nitrogens with one attached hydrogen (secondary N) is 2. The summed E-state index contributed by atoms with van der Waals surface area (Å²) in [5, 5.41) is 15.6. The summed E-state index contributed by atoms with van der Waals surface area (Å²) < 4.78 is 0. The fraction of sp³-hybridized carbons (Fsp3) is 0.750. The van der Waals surface area contributed by atoms with E-state index in [-0.39, 0.29) is 17.3 Å². The normalized spacial score (nSPS) is 11.4. The van der Waals surface area contributed by atoms with Crippen molar-refractivity contribution < 1.29 is 4.79 Å². The lowest BCUT2D eigenvalue weighted by molar-refractivity contribution is 0.0898. The van der Waals surface area contributed by atoms with Crippen molar-refractivity contribution in [3.63, 3.8) is 0 Å². The molecule has 1 amide bonds. The molecule has 0 aromatic carbocycles. The summed E-state index contributed by atoms with van der Waals surface area (Å²) in [6, 6.07) is 0. The fourth-order valence-electron chi connectivity index (χ4n) is 1.31. The van der Waals surface area contributed by atoms with Crippen molar-refractivity contribution in [3.8, 4) is 0 Å². The highest BCUT2D eigenvalue weighted by Crippen LogP contribution is 2.10. The Bertz CT molecular complexity index is 293. The third-order valence-corrected chi connectivity index (χ3v) is 1.88. The van der Waals surface area contributed by atoms with Crippen LogP contribution in [0.3, 0.4) is 0 Å². The predicted octanol–water partition coefficient (Wildman–Crippen LogP) is 0.508. The number of tetrazole rings is 1. The largest absolute Gasteiger partial charge is 0.344 e. The van der Waals surface area contributed by atoms with Crippen LogP contribution in [0.2, 0.25) is 0 Å². The Morgan fingerprint density at radius 2 is 2.29 bits per heavy atom. The molecule has 6 heteroatoms. The van der Waals surface area contributed by atoms with E-state index in [9.17, 15) is 4.79 Å². The van der Waals surface area contributed by atoms with Crippen LogP contribution < -0.4 is 5.32 Å². The van der Waals surface area contributed by atoms with Crippen LogP contribution in [0.5, 0.6) is 0 Å². The SMILES string of the molecule is CCCC(C)(C)NC(=O)c1nn[nH]n1. The number of aromatic nitrogens is 4. The van der Waals surface area contributed by atoms with Gasteiger partial charge in [0.15, 0.2) is 0 Å². The van der Waals surface area contributed by atoms with Gasteiger partial charge < -0.3 is 5.32 Å². The molecule has 1 aromatic heterocycles. The Balaban J connectivity index is 2.57. The summed E-state index contributed by atoms with van der Waals surface area (Å²) >= 11 is 0. The molecule has 78 valence electrons. The first-order chi connectivity index (χ1) is 6.55. The molecule has 0 atom stereocenters. The summed E-state index contributed by atoms with van der Waals surface area (Å²) in [5.74, 6) is -0.216. The topological polar surface area (TPSA) is 83.6 Å². The second-order valence-corrected chi connectivity index (χ2v) is 3.82. The number of aromatic amines is 1. The van der Waals surface area contributed by atoms with Gasteiger partial charge in [0.05, 0.1) is 0 Å². The minimum absolute atomic E-state index is 0.0779. The molecule has 0 spiro atoms. The van der Waals surface area contributed by atoms with Gasteiger partial charge in [-0.15, -0.1) is 10.2 Å². The number of hydrogen-bond acceptors (Lipinski definition) is 4. The zero-order valence-corrected chi connectivity index (χ0v) is 8.66. The van der Waals surface area contributed by atoms with E-state index in [1.54, 1.807) is 0 Å². The molecule has 14 heavy (non-hydrogen) atoms. The summed E-state index contributed by atoms with van der Waals surface area (Å²) in [5.41, 5.74) is -0.230. The van der Waals surface area contributed by atoms with Crippen LogP contribution in [0, 0.1) is 0 Å². The third-order valence-electron chi connectivity index (χ3n) is 1.88. The molecule has 1 heterocycles. The Labute approximate surface area is 82.5 Å². The summed E-state index contributed by atoms with van der Waals surface area (Å²) in [4.78, 5) is 11.5. The summed E-state index contributed by atoms with van der Waals surface area (Å²) in [6.45, 7) is 6.01. The van der Waals surface area contributed by atoms with Crippen molar-refractivity contribution in [2.45, 2.75) is 39.2 Å². The van der Waals surface area contributed by atoms with Crippen LogP contribution >= 0.6 is 0 Å². The average molecular weight is 197 g/mol. The molecular formula is C8H15N5O. The van der Waals surface area contributed by atoms with Crippen LogP contribution in [0.4, 0.5) is 0 Å². The van der Waals surface area contributed by atoms with Gasteiger partial charge >= 0.3 is 0 Å². The number of nitrogens with zero attached hydrogens (tertiary/aromatic N) is 3. The maximum absolute atomic E-state index is 11.5. The molecule has 6 nitrogen and oxygen atoms in total. The second-order valence-electron chi connectivity index (χ2n) is 3.82. The molecule has 2 N–H and O–H groups in total. The molecule has 0 fully saturated rings. The van der Waals surface area contributed by atoms with Gasteiger partial charge in [-0.3, -0.25) is 4.79 Å². The lowest BCUT2D eigenvalue weighted by Crippen LogP contribution is -2.43. The molecule has 0 unspecified atom stereocenters. The Kier molecular flexibility index (Phi) is 3.16. The van der Waals surface area contributed by atoms with E-state index in [0.29, 0.717) is 0 Å². The molecule has 0 aliphatic carbocycles. The third kappa shape index (κ3) is 2.79. The highest BCUT2D eigenvalue weighted by molar-refractivity contribution is 5.90. The van der Waals surface area contributed by atoms with Gasteiger partial charge in [0.1, 0.15) is 0 Å². The molecule has 0 radical (unpaired) electrons. The van der Waals surface area contributed by atoms with E-state index < -0.39 is 0 Å². The van der Waals surface area contributed by atoms with E-state index in [4.69, 9.17) is 0 Å². The van der Waals surface area contributed by atoms with Gasteiger partial charge in [-0.1, -0.05) is 13.3 Å². The molecule has 1 aromatic rings. The van der Waals surface area contributed by atoms with Gasteiger partial charge in [0.2, 0.25) is 0 Å². The van der Waals surface area contributed by atoms with Gasteiger partial charge in [0, 0.05) is 5.54 Å². The van der Waals surface area contributed by atoms with Crippen molar-refractivity contribution in [3.05, 3.63) is 5.82 Å². The van der Waals surface area contributed by atoms with Crippen molar-refractivity contribution >= 4 is 5.91 Å². The van der Waals surface area contributed by atoms with Crippen LogP contribution in [0.1, 0.15) is 44.2 Å². The number of rotatable bonds is 4. The van der Waals surface area contributed by atoms with Gasteiger partial charge in [0.25, 0.3) is 11.7 Å². The molecule has 0 saturated carbocycles. The van der Waals surface area contributed by atoms with Crippen LogP contribution in [-0.2, 0) is 0 Å². The Morgan fingerprint density at radius 3 is 2.79 bits per heavy atom. The van der Waals surface area contributed by atoms with E-state index in [2.05, 4.69) is 32.9 Å². The minimum Gasteiger partial charge on any atom is -0.344 e. The first-order valence-corrected chi connectivity index (χ1v) is 4.61. The van der Waals surface area contributed by atoms with Gasteiger partial charge in [-0.25, -0.2) is 0 Å². The number of H-pyrrole nitrogens is 1. The zero-order chi connectivity index (χ0) is 10.6. The predicted molar refractivity (Wildman–Crippen MR) is 50.6 cm³/mol. The first kappa shape index (κ1) is 10.6. The Hall–Kier alpha value is -1.46. The van der Waals surface area contributed by atoms with E-state index in [0.717, 1.165) is 12.8 Å². The van der Waals surface area contributed by atoms with Crippen molar-refractivity contribution in [2.75, 3.05) is 0 Å². The van der Waals surface area contributed by atoms with Crippen LogP contribution in [-0.4, -0.2) is 32.1 Å². The van der Waals surface area contributed by atoms with E-state index in [1.165, 1.54) is 0 Å². The fourth-order valence-corrected chi connectivity index (χ4v) is 1.31. The first-order valence-electron chi connectivity index (χ1n) is 4.61. The molecule has 0 saturated heterocycles. The standard InChI is InChI=1S/C8H15N5O/c1-4-5-8(2,3)9-7(14)6-10-12-13-11-6/h4-5H2,1-3H3,(H,9,14)(H,10,11,12,13). The molecular weight excluding hydrogens is 182 g/mol. The van der Waals surface area contributed by atoms with Crippen molar-refractivity contribution in [1.29, 1.82) is 0 Å². The lowest BCUT2D eigenvalue weighted by Gasteiger charge is -2.24. The van der Waals surface area contributed by atoms with Crippen LogP contribution in [0.15, 0.2) is 0 Å². The van der Waals surface area contributed by atoms with Crippen molar-refractivity contribution in [1.82, 2.24) is 25.9 Å². The molecule has 0 aliphatic heterocycles. The van der Waals surface area contributed by atoms with E-state index in [1.807, 2.05) is 13.8 Å². The zero-order valence-electron chi connectivity index (χ0n) is 8.66. The smallest absolute Gasteiger partial charge is 0.293 e. The highest BCUT2D eigenvalue weighted by Gasteiger charge is 2.21. The highest BCUT2D eigenvalue weighted by atomic mass is 16.2. The lowest BCUT2D eigenvalue weighted by atomic mass is 9.99. The maximum atomic E-state index is 11.5. The van der Waals surface area contributed by atoms with Crippen LogP contribution in [0.25, 0.3) is 0 Å².